The van der Waals surface area contributed by atoms with Gasteiger partial charge in [-0.15, -0.1) is 0 Å². The summed E-state index contributed by atoms with van der Waals surface area (Å²) in [5.74, 6) is -0.535. The van der Waals surface area contributed by atoms with Crippen molar-refractivity contribution < 1.29 is 27.1 Å². The minimum absolute atomic E-state index is 0.0910. The molecule has 1 unspecified atom stereocenters. The molecular weight excluding hydrogens is 435 g/mol. The summed E-state index contributed by atoms with van der Waals surface area (Å²) in [7, 11) is -1.27. The lowest BCUT2D eigenvalue weighted by Gasteiger charge is -2.19. The van der Waals surface area contributed by atoms with Crippen LogP contribution in [0.1, 0.15) is 5.56 Å². The van der Waals surface area contributed by atoms with Crippen LogP contribution in [0.5, 0.6) is 11.5 Å². The van der Waals surface area contributed by atoms with Gasteiger partial charge in [0.1, 0.15) is 11.9 Å². The molecule has 0 bridgehead atoms. The average Bonchev–Trinajstić information content (AvgIpc) is 2.78. The second kappa shape index (κ2) is 10.3. The molecule has 0 aliphatic heterocycles. The highest BCUT2D eigenvalue weighted by molar-refractivity contribution is 7.89. The van der Waals surface area contributed by atoms with Crippen molar-refractivity contribution in [3.8, 4) is 11.5 Å². The Morgan fingerprint density at radius 1 is 0.938 bits per heavy atom. The van der Waals surface area contributed by atoms with Gasteiger partial charge in [-0.3, -0.25) is 4.79 Å². The monoisotopic (exact) mass is 458 g/mol. The van der Waals surface area contributed by atoms with Crippen LogP contribution in [0.4, 0.5) is 10.1 Å². The topological polar surface area (TPSA) is 93.7 Å². The number of carbonyl (C=O) groups excluding carboxylic acids is 1. The summed E-state index contributed by atoms with van der Waals surface area (Å²) >= 11 is 0. The number of amides is 1. The first kappa shape index (κ1) is 23.2. The van der Waals surface area contributed by atoms with Crippen LogP contribution in [0.3, 0.4) is 0 Å². The molecule has 1 atom stereocenters. The maximum atomic E-state index is 13.5. The van der Waals surface area contributed by atoms with E-state index in [0.29, 0.717) is 5.75 Å². The molecule has 9 heteroatoms. The van der Waals surface area contributed by atoms with Crippen LogP contribution in [0.15, 0.2) is 77.7 Å². The molecule has 0 aliphatic carbocycles. The number of rotatable bonds is 9. The molecule has 7 nitrogen and oxygen atoms in total. The van der Waals surface area contributed by atoms with Crippen molar-refractivity contribution in [3.63, 3.8) is 0 Å². The number of benzene rings is 3. The van der Waals surface area contributed by atoms with Crippen LogP contribution in [-0.4, -0.2) is 34.6 Å². The lowest BCUT2D eigenvalue weighted by Crippen LogP contribution is -2.45. The average molecular weight is 459 g/mol. The quantitative estimate of drug-likeness (QED) is 0.513. The molecule has 0 heterocycles. The fourth-order valence-electron chi connectivity index (χ4n) is 3.07. The summed E-state index contributed by atoms with van der Waals surface area (Å²) in [5.41, 5.74) is 0.972. The van der Waals surface area contributed by atoms with Gasteiger partial charge in [0.05, 0.1) is 19.1 Å². The summed E-state index contributed by atoms with van der Waals surface area (Å²) in [6.45, 7) is 0. The van der Waals surface area contributed by atoms with Gasteiger partial charge in [0.25, 0.3) is 0 Å². The predicted molar refractivity (Wildman–Crippen MR) is 119 cm³/mol. The smallest absolute Gasteiger partial charge is 0.242 e. The van der Waals surface area contributed by atoms with Crippen molar-refractivity contribution in [3.05, 3.63) is 84.2 Å². The van der Waals surface area contributed by atoms with Gasteiger partial charge in [0.2, 0.25) is 15.9 Å². The van der Waals surface area contributed by atoms with Gasteiger partial charge in [0.15, 0.2) is 11.5 Å². The number of halogens is 1. The summed E-state index contributed by atoms with van der Waals surface area (Å²) in [6, 6.07) is 17.3. The molecular formula is C23H23FN2O5S. The Hall–Kier alpha value is -3.43. The van der Waals surface area contributed by atoms with E-state index in [2.05, 4.69) is 10.0 Å². The molecule has 32 heavy (non-hydrogen) atoms. The molecule has 0 spiro atoms. The standard InChI is InChI=1S/C23H23FN2O5S/c1-30-21-12-11-19(15-22(21)31-2)32(28,29)26-20(13-16-7-4-3-5-8-16)23(27)25-18-10-6-9-17(24)14-18/h3-12,14-15,20,26H,13H2,1-2H3,(H,25,27). The first-order chi connectivity index (χ1) is 15.3. The number of carbonyl (C=O) groups is 1. The van der Waals surface area contributed by atoms with Gasteiger partial charge in [-0.1, -0.05) is 36.4 Å². The van der Waals surface area contributed by atoms with E-state index < -0.39 is 27.8 Å². The van der Waals surface area contributed by atoms with Crippen LogP contribution in [-0.2, 0) is 21.2 Å². The van der Waals surface area contributed by atoms with Crippen LogP contribution in [0.25, 0.3) is 0 Å². The van der Waals surface area contributed by atoms with Gasteiger partial charge in [-0.25, -0.2) is 12.8 Å². The number of hydrogen-bond donors (Lipinski definition) is 2. The molecule has 3 aromatic carbocycles. The molecule has 168 valence electrons. The molecule has 3 aromatic rings. The van der Waals surface area contributed by atoms with E-state index in [4.69, 9.17) is 9.47 Å². The van der Waals surface area contributed by atoms with E-state index in [9.17, 15) is 17.6 Å². The van der Waals surface area contributed by atoms with E-state index in [0.717, 1.165) is 11.6 Å². The molecule has 0 aliphatic rings. The number of hydrogen-bond acceptors (Lipinski definition) is 5. The van der Waals surface area contributed by atoms with Gasteiger partial charge in [0, 0.05) is 11.8 Å². The van der Waals surface area contributed by atoms with Crippen molar-refractivity contribution in [2.24, 2.45) is 0 Å². The van der Waals surface area contributed by atoms with Crippen LogP contribution < -0.4 is 19.5 Å². The fraction of sp³-hybridized carbons (Fsp3) is 0.174. The molecule has 2 N–H and O–H groups in total. The van der Waals surface area contributed by atoms with Gasteiger partial charge < -0.3 is 14.8 Å². The number of ether oxygens (including phenoxy) is 2. The van der Waals surface area contributed by atoms with Crippen LogP contribution in [0.2, 0.25) is 0 Å². The van der Waals surface area contributed by atoms with Gasteiger partial charge in [-0.05, 0) is 42.3 Å². The fourth-order valence-corrected chi connectivity index (χ4v) is 4.28. The largest absolute Gasteiger partial charge is 0.493 e. The molecule has 0 saturated carbocycles. The predicted octanol–water partition coefficient (Wildman–Crippen LogP) is 3.37. The molecule has 1 amide bonds. The van der Waals surface area contributed by atoms with E-state index in [1.165, 1.54) is 50.6 Å². The second-order valence-corrected chi connectivity index (χ2v) is 8.59. The first-order valence-corrected chi connectivity index (χ1v) is 11.2. The van der Waals surface area contributed by atoms with Gasteiger partial charge in [-0.2, -0.15) is 4.72 Å². The molecule has 0 aromatic heterocycles. The zero-order valence-electron chi connectivity index (χ0n) is 17.5. The Morgan fingerprint density at radius 3 is 2.31 bits per heavy atom. The number of anilines is 1. The lowest BCUT2D eigenvalue weighted by atomic mass is 10.1. The van der Waals surface area contributed by atoms with E-state index in [1.54, 1.807) is 24.3 Å². The van der Waals surface area contributed by atoms with Gasteiger partial charge >= 0.3 is 0 Å². The van der Waals surface area contributed by atoms with Crippen molar-refractivity contribution >= 4 is 21.6 Å². The van der Waals surface area contributed by atoms with Crippen LogP contribution >= 0.6 is 0 Å². The third-order valence-electron chi connectivity index (χ3n) is 4.65. The maximum absolute atomic E-state index is 13.5. The summed E-state index contributed by atoms with van der Waals surface area (Å²) in [5, 5.41) is 2.57. The second-order valence-electron chi connectivity index (χ2n) is 6.88. The highest BCUT2D eigenvalue weighted by Gasteiger charge is 2.27. The molecule has 0 radical (unpaired) electrons. The highest BCUT2D eigenvalue weighted by atomic mass is 32.2. The van der Waals surface area contributed by atoms with Crippen molar-refractivity contribution in [1.82, 2.24) is 4.72 Å². The third-order valence-corrected chi connectivity index (χ3v) is 6.12. The first-order valence-electron chi connectivity index (χ1n) is 9.67. The summed E-state index contributed by atoms with van der Waals surface area (Å²) in [6.07, 6.45) is 0.0918. The van der Waals surface area contributed by atoms with E-state index in [1.807, 2.05) is 6.07 Å². The zero-order chi connectivity index (χ0) is 23.1. The van der Waals surface area contributed by atoms with Crippen molar-refractivity contribution in [2.45, 2.75) is 17.4 Å². The number of sulfonamides is 1. The summed E-state index contributed by atoms with van der Waals surface area (Å²) in [4.78, 5) is 12.9. The minimum atomic E-state index is -4.10. The third kappa shape index (κ3) is 5.83. The Labute approximate surface area is 186 Å². The van der Waals surface area contributed by atoms with Crippen LogP contribution in [0, 0.1) is 5.82 Å². The maximum Gasteiger partial charge on any atom is 0.242 e. The minimum Gasteiger partial charge on any atom is -0.493 e. The lowest BCUT2D eigenvalue weighted by molar-refractivity contribution is -0.117. The number of nitrogens with one attached hydrogen (secondary N) is 2. The number of methoxy groups -OCH3 is 2. The Balaban J connectivity index is 1.89. The highest BCUT2D eigenvalue weighted by Crippen LogP contribution is 2.29. The van der Waals surface area contributed by atoms with Crippen molar-refractivity contribution in [2.75, 3.05) is 19.5 Å². The zero-order valence-corrected chi connectivity index (χ0v) is 18.4. The summed E-state index contributed by atoms with van der Waals surface area (Å²) < 4.78 is 52.4. The molecule has 0 saturated heterocycles. The van der Waals surface area contributed by atoms with Crippen molar-refractivity contribution in [1.29, 1.82) is 0 Å². The Kier molecular flexibility index (Phi) is 7.45. The Bertz CT molecular complexity index is 1190. The Morgan fingerprint density at radius 2 is 1.66 bits per heavy atom. The normalized spacial score (nSPS) is 12.1. The van der Waals surface area contributed by atoms with E-state index >= 15 is 0 Å². The SMILES string of the molecule is COc1ccc(S(=O)(=O)NC(Cc2ccccc2)C(=O)Nc2cccc(F)c2)cc1OC. The van der Waals surface area contributed by atoms with E-state index in [-0.39, 0.29) is 22.8 Å². The molecule has 3 rings (SSSR count). The molecule has 0 fully saturated rings.